The summed E-state index contributed by atoms with van der Waals surface area (Å²) < 4.78 is 0. The number of hydrogen-bond donors (Lipinski definition) is 1. The van der Waals surface area contributed by atoms with Gasteiger partial charge in [0.15, 0.2) is 0 Å². The van der Waals surface area contributed by atoms with E-state index in [1.165, 1.54) is 5.56 Å². The van der Waals surface area contributed by atoms with Crippen LogP contribution in [0.3, 0.4) is 0 Å². The second kappa shape index (κ2) is 6.48. The van der Waals surface area contributed by atoms with E-state index in [9.17, 15) is 0 Å². The van der Waals surface area contributed by atoms with Gasteiger partial charge in [0.2, 0.25) is 0 Å². The first kappa shape index (κ1) is 13.8. The Morgan fingerprint density at radius 3 is 2.50 bits per heavy atom. The van der Waals surface area contributed by atoms with Gasteiger partial charge in [-0.3, -0.25) is 0 Å². The molecule has 0 atom stereocenters. The number of benzene rings is 2. The molecule has 0 aliphatic carbocycles. The zero-order valence-electron chi connectivity index (χ0n) is 9.70. The molecule has 0 heterocycles. The molecule has 4 heteroatoms. The molecule has 2 aromatic rings. The Balaban J connectivity index is 2.29. The standard InChI is InChI=1S/C14H13Cl2NS/c15-11-2-1-3-13(8-11)18-14-9-12(16)5-4-10(14)6-7-17/h1-5,8-9H,6-7,17H2. The predicted octanol–water partition coefficient (Wildman–Crippen LogP) is 4.65. The maximum Gasteiger partial charge on any atom is 0.0417 e. The molecule has 0 aliphatic rings. The van der Waals surface area contributed by atoms with Crippen LogP contribution in [0.15, 0.2) is 52.3 Å². The van der Waals surface area contributed by atoms with Crippen molar-refractivity contribution in [2.75, 3.05) is 6.54 Å². The molecule has 0 saturated heterocycles. The Morgan fingerprint density at radius 1 is 1.00 bits per heavy atom. The molecule has 2 N–H and O–H groups in total. The lowest BCUT2D eigenvalue weighted by atomic mass is 10.1. The monoisotopic (exact) mass is 297 g/mol. The van der Waals surface area contributed by atoms with Gasteiger partial charge in [-0.1, -0.05) is 47.1 Å². The van der Waals surface area contributed by atoms with Gasteiger partial charge < -0.3 is 5.73 Å². The summed E-state index contributed by atoms with van der Waals surface area (Å²) in [5.74, 6) is 0. The molecule has 0 saturated carbocycles. The lowest BCUT2D eigenvalue weighted by Gasteiger charge is -2.09. The molecule has 0 radical (unpaired) electrons. The summed E-state index contributed by atoms with van der Waals surface area (Å²) in [7, 11) is 0. The largest absolute Gasteiger partial charge is 0.330 e. The summed E-state index contributed by atoms with van der Waals surface area (Å²) in [6.07, 6.45) is 0.847. The fourth-order valence-electron chi connectivity index (χ4n) is 1.64. The summed E-state index contributed by atoms with van der Waals surface area (Å²) in [5.41, 5.74) is 6.84. The van der Waals surface area contributed by atoms with E-state index >= 15 is 0 Å². The molecule has 0 unspecified atom stereocenters. The van der Waals surface area contributed by atoms with Gasteiger partial charge in [-0.05, 0) is 48.9 Å². The fourth-order valence-corrected chi connectivity index (χ4v) is 3.21. The molecule has 1 nitrogen and oxygen atoms in total. The van der Waals surface area contributed by atoms with Crippen LogP contribution in [-0.2, 0) is 6.42 Å². The topological polar surface area (TPSA) is 26.0 Å². The zero-order valence-corrected chi connectivity index (χ0v) is 12.0. The van der Waals surface area contributed by atoms with Gasteiger partial charge in [-0.25, -0.2) is 0 Å². The van der Waals surface area contributed by atoms with Crippen LogP contribution in [0.5, 0.6) is 0 Å². The summed E-state index contributed by atoms with van der Waals surface area (Å²) in [5, 5.41) is 1.47. The van der Waals surface area contributed by atoms with E-state index in [0.29, 0.717) is 6.54 Å². The second-order valence-corrected chi connectivity index (χ2v) is 5.84. The fraction of sp³-hybridized carbons (Fsp3) is 0.143. The first-order valence-corrected chi connectivity index (χ1v) is 7.18. The quantitative estimate of drug-likeness (QED) is 0.889. The molecular weight excluding hydrogens is 285 g/mol. The first-order valence-electron chi connectivity index (χ1n) is 5.61. The van der Waals surface area contributed by atoms with Crippen molar-refractivity contribution in [3.05, 3.63) is 58.1 Å². The third-order valence-corrected chi connectivity index (χ3v) is 4.03. The number of halogens is 2. The van der Waals surface area contributed by atoms with Crippen molar-refractivity contribution < 1.29 is 0 Å². The van der Waals surface area contributed by atoms with Gasteiger partial charge in [-0.15, -0.1) is 0 Å². The third kappa shape index (κ3) is 3.66. The van der Waals surface area contributed by atoms with Crippen molar-refractivity contribution in [2.24, 2.45) is 5.73 Å². The van der Waals surface area contributed by atoms with Crippen LogP contribution in [0.1, 0.15) is 5.56 Å². The maximum atomic E-state index is 6.04. The minimum absolute atomic E-state index is 0.630. The molecule has 0 fully saturated rings. The average molecular weight is 298 g/mol. The highest BCUT2D eigenvalue weighted by Gasteiger charge is 2.05. The number of hydrogen-bond acceptors (Lipinski definition) is 2. The third-order valence-electron chi connectivity index (χ3n) is 2.47. The van der Waals surface area contributed by atoms with Crippen molar-refractivity contribution in [3.8, 4) is 0 Å². The van der Waals surface area contributed by atoms with E-state index in [1.807, 2.05) is 42.5 Å². The molecule has 2 rings (SSSR count). The lowest BCUT2D eigenvalue weighted by Crippen LogP contribution is -2.03. The van der Waals surface area contributed by atoms with Crippen LogP contribution in [0, 0.1) is 0 Å². The van der Waals surface area contributed by atoms with Gasteiger partial charge >= 0.3 is 0 Å². The van der Waals surface area contributed by atoms with Gasteiger partial charge in [-0.2, -0.15) is 0 Å². The summed E-state index contributed by atoms with van der Waals surface area (Å²) >= 11 is 13.7. The van der Waals surface area contributed by atoms with Crippen LogP contribution in [0.25, 0.3) is 0 Å². The number of nitrogens with two attached hydrogens (primary N) is 1. The summed E-state index contributed by atoms with van der Waals surface area (Å²) in [6, 6.07) is 13.7. The van der Waals surface area contributed by atoms with Gasteiger partial charge in [0.05, 0.1) is 0 Å². The zero-order chi connectivity index (χ0) is 13.0. The van der Waals surface area contributed by atoms with Crippen molar-refractivity contribution in [1.29, 1.82) is 0 Å². The minimum Gasteiger partial charge on any atom is -0.330 e. The van der Waals surface area contributed by atoms with Gasteiger partial charge in [0.25, 0.3) is 0 Å². The molecule has 0 bridgehead atoms. The van der Waals surface area contributed by atoms with Crippen molar-refractivity contribution in [2.45, 2.75) is 16.2 Å². The second-order valence-electron chi connectivity index (χ2n) is 3.85. The molecule has 2 aromatic carbocycles. The van der Waals surface area contributed by atoms with Crippen molar-refractivity contribution in [3.63, 3.8) is 0 Å². The smallest absolute Gasteiger partial charge is 0.0417 e. The normalized spacial score (nSPS) is 10.6. The van der Waals surface area contributed by atoms with Gasteiger partial charge in [0.1, 0.15) is 0 Å². The molecule has 0 aliphatic heterocycles. The van der Waals surface area contributed by atoms with Crippen LogP contribution < -0.4 is 5.73 Å². The average Bonchev–Trinajstić information content (AvgIpc) is 2.33. The molecule has 18 heavy (non-hydrogen) atoms. The van der Waals surface area contributed by atoms with Crippen molar-refractivity contribution >= 4 is 35.0 Å². The first-order chi connectivity index (χ1) is 8.69. The van der Waals surface area contributed by atoms with Crippen molar-refractivity contribution in [1.82, 2.24) is 0 Å². The molecular formula is C14H13Cl2NS. The predicted molar refractivity (Wildman–Crippen MR) is 79.8 cm³/mol. The molecule has 0 spiro atoms. The van der Waals surface area contributed by atoms with E-state index in [0.717, 1.165) is 26.3 Å². The molecule has 94 valence electrons. The highest BCUT2D eigenvalue weighted by Crippen LogP contribution is 2.33. The lowest BCUT2D eigenvalue weighted by molar-refractivity contribution is 0.944. The highest BCUT2D eigenvalue weighted by molar-refractivity contribution is 7.99. The van der Waals surface area contributed by atoms with Crippen LogP contribution >= 0.6 is 35.0 Å². The van der Waals surface area contributed by atoms with Crippen LogP contribution in [0.2, 0.25) is 10.0 Å². The Bertz CT molecular complexity index is 543. The summed E-state index contributed by atoms with van der Waals surface area (Å²) in [6.45, 7) is 0.630. The Kier molecular flexibility index (Phi) is 4.95. The molecule has 0 aromatic heterocycles. The summed E-state index contributed by atoms with van der Waals surface area (Å²) in [4.78, 5) is 2.23. The van der Waals surface area contributed by atoms with E-state index in [2.05, 4.69) is 0 Å². The van der Waals surface area contributed by atoms with E-state index in [-0.39, 0.29) is 0 Å². The van der Waals surface area contributed by atoms with E-state index in [4.69, 9.17) is 28.9 Å². The van der Waals surface area contributed by atoms with Gasteiger partial charge in [0, 0.05) is 19.8 Å². The highest BCUT2D eigenvalue weighted by atomic mass is 35.5. The molecule has 0 amide bonds. The minimum atomic E-state index is 0.630. The van der Waals surface area contributed by atoms with E-state index in [1.54, 1.807) is 11.8 Å². The van der Waals surface area contributed by atoms with Crippen LogP contribution in [-0.4, -0.2) is 6.54 Å². The SMILES string of the molecule is NCCc1ccc(Cl)cc1Sc1cccc(Cl)c1. The Hall–Kier alpha value is -0.670. The Morgan fingerprint density at radius 2 is 1.78 bits per heavy atom. The van der Waals surface area contributed by atoms with Crippen LogP contribution in [0.4, 0.5) is 0 Å². The Labute approximate surface area is 121 Å². The maximum absolute atomic E-state index is 6.04. The number of rotatable bonds is 4. The van der Waals surface area contributed by atoms with E-state index < -0.39 is 0 Å².